The fourth-order valence-corrected chi connectivity index (χ4v) is 3.98. The molecule has 7 heteroatoms. The predicted octanol–water partition coefficient (Wildman–Crippen LogP) is 4.89. The Kier molecular flexibility index (Phi) is 5.35. The molecule has 0 amide bonds. The minimum Gasteiger partial charge on any atom is -0.495 e. The molecular formula is C19H17ClN2O3S. The van der Waals surface area contributed by atoms with Crippen LogP contribution >= 0.6 is 11.6 Å². The summed E-state index contributed by atoms with van der Waals surface area (Å²) in [4.78, 5) is 0.0397. The zero-order chi connectivity index (χ0) is 18.6. The van der Waals surface area contributed by atoms with Crippen molar-refractivity contribution >= 4 is 38.7 Å². The number of nitrogens with one attached hydrogen (secondary N) is 2. The van der Waals surface area contributed by atoms with E-state index >= 15 is 0 Å². The molecule has 0 bridgehead atoms. The Labute approximate surface area is 157 Å². The summed E-state index contributed by atoms with van der Waals surface area (Å²) in [5.41, 5.74) is 2.06. The highest BCUT2D eigenvalue weighted by Crippen LogP contribution is 2.28. The second kappa shape index (κ2) is 7.68. The number of anilines is 3. The standard InChI is InChI=1S/C19H17ClN2O3S/c1-25-18-8-4-3-7-17(18)21-14-10-12-15(13-11-14)22-26(23,24)19-9-5-2-6-16(19)20/h2-13,21-22H,1H3. The Hall–Kier alpha value is -2.70. The summed E-state index contributed by atoms with van der Waals surface area (Å²) >= 11 is 5.98. The molecule has 5 nitrogen and oxygen atoms in total. The Balaban J connectivity index is 1.77. The van der Waals surface area contributed by atoms with Crippen molar-refractivity contribution in [3.63, 3.8) is 0 Å². The summed E-state index contributed by atoms with van der Waals surface area (Å²) in [7, 11) is -2.14. The van der Waals surface area contributed by atoms with Crippen molar-refractivity contribution in [3.05, 3.63) is 77.8 Å². The molecule has 3 aromatic carbocycles. The van der Waals surface area contributed by atoms with Crippen molar-refractivity contribution < 1.29 is 13.2 Å². The Morgan fingerprint density at radius 2 is 1.46 bits per heavy atom. The molecule has 134 valence electrons. The number of hydrogen-bond donors (Lipinski definition) is 2. The first kappa shape index (κ1) is 18.1. The summed E-state index contributed by atoms with van der Waals surface area (Å²) in [6.07, 6.45) is 0. The van der Waals surface area contributed by atoms with Crippen LogP contribution in [0.5, 0.6) is 5.75 Å². The van der Waals surface area contributed by atoms with Gasteiger partial charge >= 0.3 is 0 Å². The molecule has 0 saturated carbocycles. The van der Waals surface area contributed by atoms with Gasteiger partial charge in [0.25, 0.3) is 10.0 Å². The Bertz CT molecular complexity index is 1010. The van der Waals surface area contributed by atoms with E-state index in [9.17, 15) is 8.42 Å². The van der Waals surface area contributed by atoms with E-state index in [1.54, 1.807) is 43.5 Å². The number of benzene rings is 3. The van der Waals surface area contributed by atoms with Crippen LogP contribution < -0.4 is 14.8 Å². The molecule has 0 spiro atoms. The average molecular weight is 389 g/mol. The lowest BCUT2D eigenvalue weighted by Crippen LogP contribution is -2.13. The van der Waals surface area contributed by atoms with E-state index in [1.165, 1.54) is 12.1 Å². The monoisotopic (exact) mass is 388 g/mol. The fourth-order valence-electron chi connectivity index (χ4n) is 2.40. The van der Waals surface area contributed by atoms with Gasteiger partial charge in [-0.05, 0) is 48.5 Å². The molecule has 2 N–H and O–H groups in total. The molecule has 0 radical (unpaired) electrons. The summed E-state index contributed by atoms with van der Waals surface area (Å²) in [5.74, 6) is 0.719. The molecule has 0 heterocycles. The first-order valence-electron chi connectivity index (χ1n) is 7.77. The lowest BCUT2D eigenvalue weighted by atomic mass is 10.2. The minimum absolute atomic E-state index is 0.0397. The van der Waals surface area contributed by atoms with Crippen LogP contribution in [0, 0.1) is 0 Å². The van der Waals surface area contributed by atoms with Gasteiger partial charge in [-0.15, -0.1) is 0 Å². The molecule has 0 aliphatic carbocycles. The quantitative estimate of drug-likeness (QED) is 0.630. The number of sulfonamides is 1. The van der Waals surface area contributed by atoms with Gasteiger partial charge in [0.2, 0.25) is 0 Å². The van der Waals surface area contributed by atoms with Gasteiger partial charge in [-0.3, -0.25) is 4.72 Å². The number of halogens is 1. The van der Waals surface area contributed by atoms with Crippen molar-refractivity contribution in [2.75, 3.05) is 17.1 Å². The number of ether oxygens (including phenoxy) is 1. The van der Waals surface area contributed by atoms with Crippen LogP contribution in [0.4, 0.5) is 17.1 Å². The van der Waals surface area contributed by atoms with E-state index in [0.717, 1.165) is 17.1 Å². The minimum atomic E-state index is -3.75. The zero-order valence-corrected chi connectivity index (χ0v) is 15.5. The lowest BCUT2D eigenvalue weighted by Gasteiger charge is -2.12. The number of methoxy groups -OCH3 is 1. The number of hydrogen-bond acceptors (Lipinski definition) is 4. The van der Waals surface area contributed by atoms with Gasteiger partial charge < -0.3 is 10.1 Å². The van der Waals surface area contributed by atoms with Gasteiger partial charge in [-0.25, -0.2) is 8.42 Å². The molecule has 0 aromatic heterocycles. The molecule has 0 unspecified atom stereocenters. The van der Waals surface area contributed by atoms with Crippen LogP contribution in [-0.4, -0.2) is 15.5 Å². The highest BCUT2D eigenvalue weighted by Gasteiger charge is 2.17. The molecule has 0 fully saturated rings. The van der Waals surface area contributed by atoms with E-state index in [0.29, 0.717) is 5.69 Å². The summed E-state index contributed by atoms with van der Waals surface area (Å²) < 4.78 is 32.7. The third-order valence-electron chi connectivity index (χ3n) is 3.65. The second-order valence-electron chi connectivity index (χ2n) is 5.44. The largest absolute Gasteiger partial charge is 0.495 e. The molecule has 0 aliphatic heterocycles. The van der Waals surface area contributed by atoms with E-state index in [2.05, 4.69) is 10.0 Å². The van der Waals surface area contributed by atoms with E-state index in [4.69, 9.17) is 16.3 Å². The van der Waals surface area contributed by atoms with Crippen LogP contribution in [0.25, 0.3) is 0 Å². The smallest absolute Gasteiger partial charge is 0.263 e. The van der Waals surface area contributed by atoms with Crippen molar-refractivity contribution in [1.82, 2.24) is 0 Å². The Morgan fingerprint density at radius 3 is 2.15 bits per heavy atom. The van der Waals surface area contributed by atoms with Gasteiger partial charge in [-0.2, -0.15) is 0 Å². The van der Waals surface area contributed by atoms with Gasteiger partial charge in [0.05, 0.1) is 17.8 Å². The molecule has 3 rings (SSSR count). The van der Waals surface area contributed by atoms with E-state index < -0.39 is 10.0 Å². The van der Waals surface area contributed by atoms with Crippen molar-refractivity contribution in [2.24, 2.45) is 0 Å². The van der Waals surface area contributed by atoms with Crippen LogP contribution in [-0.2, 0) is 10.0 Å². The van der Waals surface area contributed by atoms with Crippen molar-refractivity contribution in [3.8, 4) is 5.75 Å². The highest BCUT2D eigenvalue weighted by molar-refractivity contribution is 7.92. The molecule has 0 saturated heterocycles. The molecule has 26 heavy (non-hydrogen) atoms. The Morgan fingerprint density at radius 1 is 0.846 bits per heavy atom. The summed E-state index contributed by atoms with van der Waals surface area (Å²) in [5, 5.41) is 3.41. The third kappa shape index (κ3) is 4.09. The molecule has 0 atom stereocenters. The fraction of sp³-hybridized carbons (Fsp3) is 0.0526. The third-order valence-corrected chi connectivity index (χ3v) is 5.53. The molecular weight excluding hydrogens is 372 g/mol. The van der Waals surface area contributed by atoms with Crippen LogP contribution in [0.15, 0.2) is 77.7 Å². The van der Waals surface area contributed by atoms with E-state index in [-0.39, 0.29) is 9.92 Å². The summed E-state index contributed by atoms with van der Waals surface area (Å²) in [6, 6.07) is 20.7. The van der Waals surface area contributed by atoms with Crippen LogP contribution in [0.2, 0.25) is 5.02 Å². The molecule has 0 aliphatic rings. The van der Waals surface area contributed by atoms with Crippen LogP contribution in [0.3, 0.4) is 0 Å². The lowest BCUT2D eigenvalue weighted by molar-refractivity contribution is 0.417. The van der Waals surface area contributed by atoms with Crippen LogP contribution in [0.1, 0.15) is 0 Å². The first-order chi connectivity index (χ1) is 12.5. The topological polar surface area (TPSA) is 67.4 Å². The predicted molar refractivity (Wildman–Crippen MR) is 105 cm³/mol. The highest BCUT2D eigenvalue weighted by atomic mass is 35.5. The van der Waals surface area contributed by atoms with Gasteiger partial charge in [-0.1, -0.05) is 35.9 Å². The van der Waals surface area contributed by atoms with E-state index in [1.807, 2.05) is 24.3 Å². The zero-order valence-electron chi connectivity index (χ0n) is 13.9. The van der Waals surface area contributed by atoms with Gasteiger partial charge in [0.15, 0.2) is 0 Å². The maximum atomic E-state index is 12.5. The maximum absolute atomic E-state index is 12.5. The first-order valence-corrected chi connectivity index (χ1v) is 9.63. The number of rotatable bonds is 6. The SMILES string of the molecule is COc1ccccc1Nc1ccc(NS(=O)(=O)c2ccccc2Cl)cc1. The maximum Gasteiger partial charge on any atom is 0.263 e. The number of para-hydroxylation sites is 2. The van der Waals surface area contributed by atoms with Crippen molar-refractivity contribution in [1.29, 1.82) is 0 Å². The van der Waals surface area contributed by atoms with Crippen molar-refractivity contribution in [2.45, 2.75) is 4.90 Å². The van der Waals surface area contributed by atoms with Gasteiger partial charge in [0.1, 0.15) is 10.6 Å². The van der Waals surface area contributed by atoms with Gasteiger partial charge in [0, 0.05) is 11.4 Å². The second-order valence-corrected chi connectivity index (χ2v) is 7.50. The summed E-state index contributed by atoms with van der Waals surface area (Å²) in [6.45, 7) is 0. The molecule has 3 aromatic rings. The normalized spacial score (nSPS) is 11.0. The average Bonchev–Trinajstić information content (AvgIpc) is 2.64.